The van der Waals surface area contributed by atoms with E-state index in [2.05, 4.69) is 0 Å². The minimum Gasteiger partial charge on any atom is -0.458 e. The Bertz CT molecular complexity index is 269. The van der Waals surface area contributed by atoms with Gasteiger partial charge in [-0.25, -0.2) is 4.79 Å². The Morgan fingerprint density at radius 1 is 1.54 bits per heavy atom. The van der Waals surface area contributed by atoms with Crippen LogP contribution in [-0.4, -0.2) is 35.5 Å². The van der Waals surface area contributed by atoms with Gasteiger partial charge in [0.05, 0.1) is 6.10 Å². The van der Waals surface area contributed by atoms with E-state index >= 15 is 0 Å². The highest BCUT2D eigenvalue weighted by Gasteiger charge is 2.41. The summed E-state index contributed by atoms with van der Waals surface area (Å²) >= 11 is 0. The van der Waals surface area contributed by atoms with Crippen LogP contribution in [0.1, 0.15) is 12.8 Å². The standard InChI is InChI=1S/C9H12O4/c10-2-1-6-7(11)3-5-4-13-9(12)8(5)6/h6-7,10-11H,1-4H2. The first-order valence-electron chi connectivity index (χ1n) is 4.42. The Balaban J connectivity index is 2.21. The van der Waals surface area contributed by atoms with Crippen molar-refractivity contribution in [3.05, 3.63) is 11.1 Å². The van der Waals surface area contributed by atoms with Crippen LogP contribution in [0.5, 0.6) is 0 Å². The van der Waals surface area contributed by atoms with Gasteiger partial charge >= 0.3 is 5.97 Å². The summed E-state index contributed by atoms with van der Waals surface area (Å²) in [6.45, 7) is 0.318. The van der Waals surface area contributed by atoms with Crippen molar-refractivity contribution in [2.24, 2.45) is 5.92 Å². The predicted molar refractivity (Wildman–Crippen MR) is 43.8 cm³/mol. The second kappa shape index (κ2) is 3.12. The quantitative estimate of drug-likeness (QED) is 0.573. The van der Waals surface area contributed by atoms with E-state index in [-0.39, 0.29) is 18.5 Å². The molecular weight excluding hydrogens is 172 g/mol. The molecule has 0 fully saturated rings. The van der Waals surface area contributed by atoms with Gasteiger partial charge in [-0.05, 0) is 18.4 Å². The zero-order valence-electron chi connectivity index (χ0n) is 7.19. The molecule has 13 heavy (non-hydrogen) atoms. The number of aliphatic hydroxyl groups is 2. The third kappa shape index (κ3) is 1.26. The van der Waals surface area contributed by atoms with Gasteiger partial charge in [0, 0.05) is 18.1 Å². The number of hydrogen-bond acceptors (Lipinski definition) is 4. The van der Waals surface area contributed by atoms with Crippen LogP contribution in [0, 0.1) is 5.92 Å². The summed E-state index contributed by atoms with van der Waals surface area (Å²) in [7, 11) is 0. The zero-order chi connectivity index (χ0) is 9.42. The first-order chi connectivity index (χ1) is 6.24. The van der Waals surface area contributed by atoms with Crippen LogP contribution in [0.25, 0.3) is 0 Å². The van der Waals surface area contributed by atoms with E-state index in [0.29, 0.717) is 25.0 Å². The van der Waals surface area contributed by atoms with Gasteiger partial charge in [0.2, 0.25) is 0 Å². The highest BCUT2D eigenvalue weighted by molar-refractivity contribution is 5.93. The Kier molecular flexibility index (Phi) is 2.09. The third-order valence-corrected chi connectivity index (χ3v) is 2.71. The fourth-order valence-electron chi connectivity index (χ4n) is 2.10. The Morgan fingerprint density at radius 3 is 3.00 bits per heavy atom. The molecule has 0 saturated carbocycles. The second-order valence-corrected chi connectivity index (χ2v) is 3.48. The van der Waals surface area contributed by atoms with Crippen LogP contribution in [0.15, 0.2) is 11.1 Å². The summed E-state index contributed by atoms with van der Waals surface area (Å²) in [5, 5.41) is 18.3. The lowest BCUT2D eigenvalue weighted by molar-refractivity contribution is -0.137. The van der Waals surface area contributed by atoms with Gasteiger partial charge < -0.3 is 14.9 Å². The smallest absolute Gasteiger partial charge is 0.334 e. The van der Waals surface area contributed by atoms with Crippen molar-refractivity contribution >= 4 is 5.97 Å². The molecule has 2 atom stereocenters. The SMILES string of the molecule is O=C1OCC2=C1C(CCO)C(O)C2. The molecule has 0 radical (unpaired) electrons. The highest BCUT2D eigenvalue weighted by Crippen LogP contribution is 2.38. The average Bonchev–Trinajstić information content (AvgIpc) is 2.57. The van der Waals surface area contributed by atoms with Crippen molar-refractivity contribution in [2.75, 3.05) is 13.2 Å². The number of aliphatic hydroxyl groups excluding tert-OH is 2. The minimum atomic E-state index is -0.509. The molecule has 2 aliphatic rings. The van der Waals surface area contributed by atoms with E-state index in [9.17, 15) is 9.90 Å². The Hall–Kier alpha value is -0.870. The van der Waals surface area contributed by atoms with Gasteiger partial charge in [0.1, 0.15) is 6.61 Å². The van der Waals surface area contributed by atoms with Crippen molar-refractivity contribution in [1.82, 2.24) is 0 Å². The summed E-state index contributed by atoms with van der Waals surface area (Å²) < 4.78 is 4.84. The summed E-state index contributed by atoms with van der Waals surface area (Å²) in [6, 6.07) is 0. The van der Waals surface area contributed by atoms with Crippen LogP contribution in [0.3, 0.4) is 0 Å². The maximum Gasteiger partial charge on any atom is 0.334 e. The molecule has 2 N–H and O–H groups in total. The van der Waals surface area contributed by atoms with Crippen LogP contribution < -0.4 is 0 Å². The highest BCUT2D eigenvalue weighted by atomic mass is 16.5. The maximum absolute atomic E-state index is 11.2. The average molecular weight is 184 g/mol. The fourth-order valence-corrected chi connectivity index (χ4v) is 2.10. The molecule has 0 aromatic rings. The molecule has 4 heteroatoms. The molecular formula is C9H12O4. The molecule has 2 rings (SSSR count). The number of ether oxygens (including phenoxy) is 1. The maximum atomic E-state index is 11.2. The number of rotatable bonds is 2. The van der Waals surface area contributed by atoms with Crippen LogP contribution in [0.2, 0.25) is 0 Å². The molecule has 4 nitrogen and oxygen atoms in total. The second-order valence-electron chi connectivity index (χ2n) is 3.48. The number of carbonyl (C=O) groups excluding carboxylic acids is 1. The summed E-state index contributed by atoms with van der Waals surface area (Å²) in [4.78, 5) is 11.2. The number of hydrogen-bond donors (Lipinski definition) is 2. The normalized spacial score (nSPS) is 32.3. The van der Waals surface area contributed by atoms with Crippen molar-refractivity contribution < 1.29 is 19.7 Å². The first-order valence-corrected chi connectivity index (χ1v) is 4.42. The zero-order valence-corrected chi connectivity index (χ0v) is 7.19. The van der Waals surface area contributed by atoms with Crippen molar-refractivity contribution in [3.8, 4) is 0 Å². The van der Waals surface area contributed by atoms with E-state index < -0.39 is 6.10 Å². The molecule has 1 aliphatic heterocycles. The molecule has 72 valence electrons. The Labute approximate surface area is 75.8 Å². The van der Waals surface area contributed by atoms with Gasteiger partial charge in [0.15, 0.2) is 0 Å². The molecule has 0 bridgehead atoms. The summed E-state index contributed by atoms with van der Waals surface area (Å²) in [5.41, 5.74) is 1.53. The molecule has 0 saturated heterocycles. The summed E-state index contributed by atoms with van der Waals surface area (Å²) in [6.07, 6.45) is 0.450. The molecule has 0 spiro atoms. The van der Waals surface area contributed by atoms with E-state index in [0.717, 1.165) is 5.57 Å². The van der Waals surface area contributed by atoms with Crippen molar-refractivity contribution in [3.63, 3.8) is 0 Å². The third-order valence-electron chi connectivity index (χ3n) is 2.71. The van der Waals surface area contributed by atoms with Crippen molar-refractivity contribution in [2.45, 2.75) is 18.9 Å². The van der Waals surface area contributed by atoms with Gasteiger partial charge in [-0.2, -0.15) is 0 Å². The van der Waals surface area contributed by atoms with Gasteiger partial charge in [-0.3, -0.25) is 0 Å². The number of esters is 1. The number of cyclic esters (lactones) is 1. The largest absolute Gasteiger partial charge is 0.458 e. The van der Waals surface area contributed by atoms with E-state index in [1.165, 1.54) is 0 Å². The summed E-state index contributed by atoms with van der Waals surface area (Å²) in [5.74, 6) is -0.528. The molecule has 0 aromatic carbocycles. The number of carbonyl (C=O) groups is 1. The van der Waals surface area contributed by atoms with Crippen molar-refractivity contribution in [1.29, 1.82) is 0 Å². The van der Waals surface area contributed by atoms with E-state index in [4.69, 9.17) is 9.84 Å². The minimum absolute atomic E-state index is 0.00815. The lowest BCUT2D eigenvalue weighted by Gasteiger charge is -2.15. The van der Waals surface area contributed by atoms with Gasteiger partial charge in [0.25, 0.3) is 0 Å². The topological polar surface area (TPSA) is 66.8 Å². The van der Waals surface area contributed by atoms with Gasteiger partial charge in [-0.1, -0.05) is 0 Å². The van der Waals surface area contributed by atoms with Crippen LogP contribution in [-0.2, 0) is 9.53 Å². The molecule has 1 heterocycles. The first kappa shape index (κ1) is 8.72. The van der Waals surface area contributed by atoms with E-state index in [1.807, 2.05) is 0 Å². The van der Waals surface area contributed by atoms with Crippen LogP contribution in [0.4, 0.5) is 0 Å². The molecule has 0 amide bonds. The van der Waals surface area contributed by atoms with Crippen LogP contribution >= 0.6 is 0 Å². The fraction of sp³-hybridized carbons (Fsp3) is 0.667. The monoisotopic (exact) mass is 184 g/mol. The lowest BCUT2D eigenvalue weighted by atomic mass is 9.96. The lowest BCUT2D eigenvalue weighted by Crippen LogP contribution is -2.22. The van der Waals surface area contributed by atoms with E-state index in [1.54, 1.807) is 0 Å². The molecule has 2 unspecified atom stereocenters. The van der Waals surface area contributed by atoms with Gasteiger partial charge in [-0.15, -0.1) is 0 Å². The Morgan fingerprint density at radius 2 is 2.31 bits per heavy atom. The molecule has 0 aromatic heterocycles. The predicted octanol–water partition coefficient (Wildman–Crippen LogP) is -0.397. The molecule has 1 aliphatic carbocycles.